The second-order valence-electron chi connectivity index (χ2n) is 12.3. The van der Waals surface area contributed by atoms with E-state index in [2.05, 4.69) is 18.7 Å². The van der Waals surface area contributed by atoms with Crippen LogP contribution in [-0.2, 0) is 9.53 Å². The van der Waals surface area contributed by atoms with Gasteiger partial charge in [0, 0.05) is 19.0 Å². The largest absolute Gasteiger partial charge is 0.389 e. The summed E-state index contributed by atoms with van der Waals surface area (Å²) in [7, 11) is 0. The third-order valence-electron chi connectivity index (χ3n) is 11.3. The van der Waals surface area contributed by atoms with Gasteiger partial charge in [0.05, 0.1) is 25.4 Å². The molecule has 6 aliphatic rings. The molecule has 5 saturated carbocycles. The molecule has 1 N–H and O–H groups in total. The number of fused-ring (bicyclic) bond motifs is 7. The molecule has 4 heteroatoms. The fraction of sp³-hybridized carbons (Fsp3) is 0.962. The lowest BCUT2D eigenvalue weighted by Crippen LogP contribution is -2.52. The van der Waals surface area contributed by atoms with Crippen LogP contribution in [0.3, 0.4) is 0 Å². The van der Waals surface area contributed by atoms with Crippen molar-refractivity contribution in [2.24, 2.45) is 52.8 Å². The topological polar surface area (TPSA) is 49.8 Å². The molecule has 0 aromatic carbocycles. The number of ketones is 1. The van der Waals surface area contributed by atoms with E-state index in [1.807, 2.05) is 0 Å². The molecule has 0 bridgehead atoms. The van der Waals surface area contributed by atoms with E-state index in [4.69, 9.17) is 4.74 Å². The van der Waals surface area contributed by atoms with Gasteiger partial charge < -0.3 is 9.84 Å². The van der Waals surface area contributed by atoms with Crippen LogP contribution in [-0.4, -0.2) is 54.2 Å². The van der Waals surface area contributed by atoms with E-state index < -0.39 is 0 Å². The van der Waals surface area contributed by atoms with Crippen LogP contribution in [0.2, 0.25) is 0 Å². The zero-order valence-corrected chi connectivity index (χ0v) is 19.0. The summed E-state index contributed by atoms with van der Waals surface area (Å²) in [6, 6.07) is 0. The average molecular weight is 416 g/mol. The molecular weight excluding hydrogens is 374 g/mol. The highest BCUT2D eigenvalue weighted by Gasteiger charge is 2.67. The molecule has 0 aromatic heterocycles. The van der Waals surface area contributed by atoms with Crippen molar-refractivity contribution >= 4 is 5.78 Å². The molecule has 4 nitrogen and oxygen atoms in total. The highest BCUT2D eigenvalue weighted by molar-refractivity contribution is 5.84. The van der Waals surface area contributed by atoms with Crippen LogP contribution >= 0.6 is 0 Å². The molecular formula is C26H41NO3. The van der Waals surface area contributed by atoms with Crippen molar-refractivity contribution < 1.29 is 14.6 Å². The van der Waals surface area contributed by atoms with Crippen molar-refractivity contribution in [1.82, 2.24) is 4.90 Å². The summed E-state index contributed by atoms with van der Waals surface area (Å²) in [4.78, 5) is 15.7. The van der Waals surface area contributed by atoms with Crippen LogP contribution in [0.15, 0.2) is 0 Å². The number of hydrogen-bond donors (Lipinski definition) is 1. The minimum Gasteiger partial charge on any atom is -0.389 e. The van der Waals surface area contributed by atoms with E-state index in [1.165, 1.54) is 38.5 Å². The first kappa shape index (κ1) is 20.2. The van der Waals surface area contributed by atoms with Crippen molar-refractivity contribution in [3.63, 3.8) is 0 Å². The van der Waals surface area contributed by atoms with Gasteiger partial charge in [-0.15, -0.1) is 0 Å². The average Bonchev–Trinajstić information content (AvgIpc) is 3.32. The number of rotatable bonds is 3. The zero-order valence-electron chi connectivity index (χ0n) is 19.0. The van der Waals surface area contributed by atoms with Crippen molar-refractivity contribution in [3.8, 4) is 0 Å². The van der Waals surface area contributed by atoms with Gasteiger partial charge in [0.2, 0.25) is 0 Å². The first-order valence-corrected chi connectivity index (χ1v) is 13.0. The fourth-order valence-electron chi connectivity index (χ4n) is 9.64. The number of ether oxygens (including phenoxy) is 1. The monoisotopic (exact) mass is 415 g/mol. The summed E-state index contributed by atoms with van der Waals surface area (Å²) in [6.45, 7) is 8.82. The van der Waals surface area contributed by atoms with Gasteiger partial charge in [0.1, 0.15) is 5.78 Å². The molecule has 1 aliphatic heterocycles. The van der Waals surface area contributed by atoms with Gasteiger partial charge in [-0.25, -0.2) is 0 Å². The molecule has 6 rings (SSSR count). The third kappa shape index (κ3) is 2.85. The van der Waals surface area contributed by atoms with Crippen molar-refractivity contribution in [2.75, 3.05) is 32.8 Å². The van der Waals surface area contributed by atoms with Gasteiger partial charge in [-0.3, -0.25) is 9.69 Å². The van der Waals surface area contributed by atoms with Crippen LogP contribution in [0.5, 0.6) is 0 Å². The van der Waals surface area contributed by atoms with Gasteiger partial charge in [-0.05, 0) is 98.2 Å². The highest BCUT2D eigenvalue weighted by Crippen LogP contribution is 2.69. The Morgan fingerprint density at radius 3 is 2.50 bits per heavy atom. The molecule has 1 unspecified atom stereocenters. The zero-order chi connectivity index (χ0) is 20.7. The summed E-state index contributed by atoms with van der Waals surface area (Å²) in [5.41, 5.74) is -0.0699. The second-order valence-corrected chi connectivity index (χ2v) is 12.3. The number of aliphatic hydroxyl groups is 1. The molecule has 1 saturated heterocycles. The standard InChI is InChI=1S/C26H41NO3/c1-16-13-20-17-7-8-25(2)21(18(17)3-4-19(20)23-14-26(16,23)29)5-6-22(25)24(28)15-27-9-11-30-12-10-27/h16-23,29H,3-15H2,1-2H3/t16-,17+,18-,19-,20-,21+,22-,23?,25+,26-/m1/s1. The first-order valence-electron chi connectivity index (χ1n) is 13.0. The van der Waals surface area contributed by atoms with Gasteiger partial charge in [-0.2, -0.15) is 0 Å². The molecule has 1 heterocycles. The smallest absolute Gasteiger partial charge is 0.150 e. The minimum atomic E-state index is -0.304. The normalized spacial score (nSPS) is 55.2. The van der Waals surface area contributed by atoms with Crippen LogP contribution < -0.4 is 0 Å². The molecule has 30 heavy (non-hydrogen) atoms. The lowest BCUT2D eigenvalue weighted by Gasteiger charge is -2.56. The van der Waals surface area contributed by atoms with E-state index >= 15 is 0 Å². The van der Waals surface area contributed by atoms with Gasteiger partial charge in [0.15, 0.2) is 0 Å². The van der Waals surface area contributed by atoms with Crippen LogP contribution in [0.25, 0.3) is 0 Å². The van der Waals surface area contributed by atoms with Gasteiger partial charge >= 0.3 is 0 Å². The highest BCUT2D eigenvalue weighted by atomic mass is 16.5. The predicted molar refractivity (Wildman–Crippen MR) is 116 cm³/mol. The molecule has 0 aromatic rings. The van der Waals surface area contributed by atoms with Crippen LogP contribution in [0, 0.1) is 52.8 Å². The Labute approximate surface area is 182 Å². The maximum Gasteiger partial charge on any atom is 0.150 e. The summed E-state index contributed by atoms with van der Waals surface area (Å²) in [5.74, 6) is 5.98. The van der Waals surface area contributed by atoms with Crippen LogP contribution in [0.1, 0.15) is 65.2 Å². The lowest BCUT2D eigenvalue weighted by molar-refractivity contribution is -0.133. The number of hydrogen-bond acceptors (Lipinski definition) is 4. The summed E-state index contributed by atoms with van der Waals surface area (Å²) in [5, 5.41) is 10.9. The SMILES string of the molecule is C[C@@H]1C[C@@H]2[C@H]3CC[C@]4(C)[C@@H](C(=O)CN5CCOCC5)CC[C@H]4[C@@H]3CC[C@H]2C2C[C@]21O. The van der Waals surface area contributed by atoms with Gasteiger partial charge in [-0.1, -0.05) is 13.8 Å². The Morgan fingerprint density at radius 2 is 1.73 bits per heavy atom. The molecule has 168 valence electrons. The Hall–Kier alpha value is -0.450. The molecule has 5 aliphatic carbocycles. The van der Waals surface area contributed by atoms with Crippen molar-refractivity contribution in [2.45, 2.75) is 70.8 Å². The number of carbonyl (C=O) groups is 1. The molecule has 6 fully saturated rings. The van der Waals surface area contributed by atoms with Crippen molar-refractivity contribution in [3.05, 3.63) is 0 Å². The molecule has 0 amide bonds. The fourth-order valence-corrected chi connectivity index (χ4v) is 9.64. The van der Waals surface area contributed by atoms with Gasteiger partial charge in [0.25, 0.3) is 0 Å². The van der Waals surface area contributed by atoms with Crippen LogP contribution in [0.4, 0.5) is 0 Å². The van der Waals surface area contributed by atoms with E-state index in [9.17, 15) is 9.90 Å². The van der Waals surface area contributed by atoms with Crippen molar-refractivity contribution in [1.29, 1.82) is 0 Å². The minimum absolute atomic E-state index is 0.234. The predicted octanol–water partition coefficient (Wildman–Crippen LogP) is 3.76. The Bertz CT molecular complexity index is 704. The number of Topliss-reactive ketones (excluding diaryl/α,β-unsaturated/α-hetero) is 1. The maximum atomic E-state index is 13.4. The molecule has 0 spiro atoms. The molecule has 10 atom stereocenters. The summed E-state index contributed by atoms with van der Waals surface area (Å²) < 4.78 is 5.47. The van der Waals surface area contributed by atoms with E-state index in [-0.39, 0.29) is 16.9 Å². The number of morpholine rings is 1. The summed E-state index contributed by atoms with van der Waals surface area (Å²) >= 11 is 0. The molecule has 0 radical (unpaired) electrons. The first-order chi connectivity index (χ1) is 14.4. The quantitative estimate of drug-likeness (QED) is 0.762. The van der Waals surface area contributed by atoms with E-state index in [0.29, 0.717) is 24.2 Å². The summed E-state index contributed by atoms with van der Waals surface area (Å²) in [6.07, 6.45) is 10.0. The number of nitrogens with zero attached hydrogens (tertiary/aromatic N) is 1. The maximum absolute atomic E-state index is 13.4. The number of carbonyl (C=O) groups excluding carboxylic acids is 1. The Balaban J connectivity index is 1.17. The lowest BCUT2D eigenvalue weighted by atomic mass is 9.49. The Kier molecular flexibility index (Phi) is 4.72. The third-order valence-corrected chi connectivity index (χ3v) is 11.3. The second kappa shape index (κ2) is 7.02. The Morgan fingerprint density at radius 1 is 1.00 bits per heavy atom. The van der Waals surface area contributed by atoms with E-state index in [0.717, 1.165) is 68.7 Å². The van der Waals surface area contributed by atoms with E-state index in [1.54, 1.807) is 0 Å².